The molecule has 0 aliphatic heterocycles. The number of rotatable bonds is 3. The van der Waals surface area contributed by atoms with E-state index in [1.807, 2.05) is 13.8 Å². The number of allylic oxidation sites excluding steroid dienone is 3. The van der Waals surface area contributed by atoms with Crippen molar-refractivity contribution in [3.8, 4) is 0 Å². The Bertz CT molecular complexity index is 197. The van der Waals surface area contributed by atoms with E-state index in [0.29, 0.717) is 11.5 Å². The van der Waals surface area contributed by atoms with Crippen LogP contribution in [0.5, 0.6) is 0 Å². The quantitative estimate of drug-likeness (QED) is 0.702. The molecule has 0 unspecified atom stereocenters. The second-order valence-corrected chi connectivity index (χ2v) is 2.66. The summed E-state index contributed by atoms with van der Waals surface area (Å²) in [6.45, 7) is 11.0. The fourth-order valence-corrected chi connectivity index (χ4v) is 0.743. The van der Waals surface area contributed by atoms with Gasteiger partial charge in [-0.1, -0.05) is 39.0 Å². The van der Waals surface area contributed by atoms with Crippen LogP contribution in [0.3, 0.4) is 0 Å². The van der Waals surface area contributed by atoms with Crippen molar-refractivity contribution in [1.29, 1.82) is 0 Å². The van der Waals surface area contributed by atoms with Crippen molar-refractivity contribution in [3.05, 3.63) is 23.4 Å². The minimum Gasteiger partial charge on any atom is -0.330 e. The van der Waals surface area contributed by atoms with Crippen molar-refractivity contribution in [3.63, 3.8) is 0 Å². The number of hydrogen-bond donors (Lipinski definition) is 1. The SMILES string of the molecule is C=C(Cl)/C=C(\C)NC(=O)CC.CC. The summed E-state index contributed by atoms with van der Waals surface area (Å²) in [4.78, 5) is 10.8. The number of hydrogen-bond acceptors (Lipinski definition) is 1. The van der Waals surface area contributed by atoms with Crippen molar-refractivity contribution in [2.75, 3.05) is 0 Å². The Balaban J connectivity index is 0. The summed E-state index contributed by atoms with van der Waals surface area (Å²) >= 11 is 5.48. The van der Waals surface area contributed by atoms with Gasteiger partial charge in [0.1, 0.15) is 0 Å². The van der Waals surface area contributed by atoms with Crippen LogP contribution in [0, 0.1) is 0 Å². The van der Waals surface area contributed by atoms with Gasteiger partial charge in [0.15, 0.2) is 0 Å². The predicted octanol–water partition coefficient (Wildman–Crippen LogP) is 3.20. The van der Waals surface area contributed by atoms with E-state index < -0.39 is 0 Å². The number of nitrogens with one attached hydrogen (secondary N) is 1. The lowest BCUT2D eigenvalue weighted by Crippen LogP contribution is -2.19. The Hall–Kier alpha value is -0.760. The van der Waals surface area contributed by atoms with Gasteiger partial charge < -0.3 is 5.32 Å². The molecule has 0 radical (unpaired) electrons. The number of amides is 1. The molecule has 0 rings (SSSR count). The van der Waals surface area contributed by atoms with E-state index in [2.05, 4.69) is 11.9 Å². The minimum atomic E-state index is -0.0170. The fourth-order valence-electron chi connectivity index (χ4n) is 0.579. The Morgan fingerprint density at radius 3 is 2.31 bits per heavy atom. The van der Waals surface area contributed by atoms with E-state index in [1.54, 1.807) is 19.9 Å². The van der Waals surface area contributed by atoms with Gasteiger partial charge in [-0.15, -0.1) is 0 Å². The molecule has 0 aromatic rings. The minimum absolute atomic E-state index is 0.0170. The molecule has 1 amide bonds. The second kappa shape index (κ2) is 9.33. The summed E-state index contributed by atoms with van der Waals surface area (Å²) in [6, 6.07) is 0. The monoisotopic (exact) mass is 203 g/mol. The first-order valence-corrected chi connectivity index (χ1v) is 4.76. The van der Waals surface area contributed by atoms with E-state index in [0.717, 1.165) is 5.70 Å². The molecule has 0 aliphatic rings. The molecule has 1 N–H and O–H groups in total. The molecule has 0 atom stereocenters. The highest BCUT2D eigenvalue weighted by Crippen LogP contribution is 2.01. The molecule has 0 heterocycles. The zero-order chi connectivity index (χ0) is 10.9. The lowest BCUT2D eigenvalue weighted by Gasteiger charge is -2.01. The van der Waals surface area contributed by atoms with Crippen LogP contribution in [-0.2, 0) is 4.79 Å². The highest BCUT2D eigenvalue weighted by Gasteiger charge is 1.95. The van der Waals surface area contributed by atoms with Gasteiger partial charge in [0.25, 0.3) is 0 Å². The van der Waals surface area contributed by atoms with Crippen molar-refractivity contribution in [2.45, 2.75) is 34.1 Å². The van der Waals surface area contributed by atoms with E-state index in [-0.39, 0.29) is 5.91 Å². The largest absolute Gasteiger partial charge is 0.330 e. The lowest BCUT2D eigenvalue weighted by molar-refractivity contribution is -0.120. The van der Waals surface area contributed by atoms with Gasteiger partial charge in [0.05, 0.1) is 0 Å². The Morgan fingerprint density at radius 1 is 1.54 bits per heavy atom. The number of carbonyl (C=O) groups excluding carboxylic acids is 1. The topological polar surface area (TPSA) is 29.1 Å². The van der Waals surface area contributed by atoms with Crippen LogP contribution in [0.4, 0.5) is 0 Å². The smallest absolute Gasteiger partial charge is 0.223 e. The summed E-state index contributed by atoms with van der Waals surface area (Å²) in [5, 5.41) is 3.05. The molecule has 0 fully saturated rings. The van der Waals surface area contributed by atoms with E-state index >= 15 is 0 Å². The third-order valence-corrected chi connectivity index (χ3v) is 1.14. The third kappa shape index (κ3) is 11.2. The van der Waals surface area contributed by atoms with Crippen LogP contribution in [0.15, 0.2) is 23.4 Å². The highest BCUT2D eigenvalue weighted by atomic mass is 35.5. The maximum atomic E-state index is 10.8. The van der Waals surface area contributed by atoms with Gasteiger partial charge in [0, 0.05) is 17.2 Å². The normalized spacial score (nSPS) is 9.77. The average Bonchev–Trinajstić information content (AvgIpc) is 2.06. The Labute approximate surface area is 85.7 Å². The second-order valence-electron chi connectivity index (χ2n) is 2.18. The predicted molar refractivity (Wildman–Crippen MR) is 58.5 cm³/mol. The maximum Gasteiger partial charge on any atom is 0.223 e. The van der Waals surface area contributed by atoms with E-state index in [4.69, 9.17) is 11.6 Å². The van der Waals surface area contributed by atoms with Gasteiger partial charge in [0.2, 0.25) is 5.91 Å². The molecule has 0 bridgehead atoms. The van der Waals surface area contributed by atoms with Crippen LogP contribution < -0.4 is 5.32 Å². The molecule has 76 valence electrons. The van der Waals surface area contributed by atoms with Crippen LogP contribution in [0.2, 0.25) is 0 Å². The molecule has 0 aromatic heterocycles. The Kier molecular flexibility index (Phi) is 10.6. The van der Waals surface area contributed by atoms with Gasteiger partial charge in [-0.05, 0) is 13.0 Å². The summed E-state index contributed by atoms with van der Waals surface area (Å²) < 4.78 is 0. The molecule has 0 aliphatic carbocycles. The van der Waals surface area contributed by atoms with Gasteiger partial charge >= 0.3 is 0 Å². The average molecular weight is 204 g/mol. The summed E-state index contributed by atoms with van der Waals surface area (Å²) in [6.07, 6.45) is 2.08. The first-order chi connectivity index (χ1) is 6.06. The van der Waals surface area contributed by atoms with Crippen LogP contribution in [-0.4, -0.2) is 5.91 Å². The zero-order valence-electron chi connectivity index (χ0n) is 8.78. The molecule has 3 heteroatoms. The first kappa shape index (κ1) is 14.7. The molecule has 0 aromatic carbocycles. The molecule has 13 heavy (non-hydrogen) atoms. The first-order valence-electron chi connectivity index (χ1n) is 4.38. The van der Waals surface area contributed by atoms with Gasteiger partial charge in [-0.3, -0.25) is 4.79 Å². The summed E-state index contributed by atoms with van der Waals surface area (Å²) in [5.41, 5.74) is 0.719. The summed E-state index contributed by atoms with van der Waals surface area (Å²) in [5.74, 6) is -0.0170. The number of halogens is 1. The van der Waals surface area contributed by atoms with Gasteiger partial charge in [-0.2, -0.15) is 0 Å². The fraction of sp³-hybridized carbons (Fsp3) is 0.500. The molecule has 0 saturated heterocycles. The van der Waals surface area contributed by atoms with Crippen molar-refractivity contribution in [2.24, 2.45) is 0 Å². The zero-order valence-corrected chi connectivity index (χ0v) is 9.53. The van der Waals surface area contributed by atoms with Crippen LogP contribution in [0.1, 0.15) is 34.1 Å². The molecular weight excluding hydrogens is 186 g/mol. The van der Waals surface area contributed by atoms with Gasteiger partial charge in [-0.25, -0.2) is 0 Å². The highest BCUT2D eigenvalue weighted by molar-refractivity contribution is 6.30. The molecule has 0 spiro atoms. The van der Waals surface area contributed by atoms with Crippen molar-refractivity contribution >= 4 is 17.5 Å². The van der Waals surface area contributed by atoms with Crippen LogP contribution >= 0.6 is 11.6 Å². The number of carbonyl (C=O) groups is 1. The van der Waals surface area contributed by atoms with Crippen molar-refractivity contribution in [1.82, 2.24) is 5.32 Å². The van der Waals surface area contributed by atoms with Crippen molar-refractivity contribution < 1.29 is 4.79 Å². The van der Waals surface area contributed by atoms with E-state index in [1.165, 1.54) is 0 Å². The maximum absolute atomic E-state index is 10.8. The molecular formula is C10H18ClNO. The van der Waals surface area contributed by atoms with E-state index in [9.17, 15) is 4.79 Å². The molecule has 2 nitrogen and oxygen atoms in total. The van der Waals surface area contributed by atoms with Crippen LogP contribution in [0.25, 0.3) is 0 Å². The molecule has 0 saturated carbocycles. The summed E-state index contributed by atoms with van der Waals surface area (Å²) in [7, 11) is 0. The Morgan fingerprint density at radius 2 is 2.00 bits per heavy atom. The standard InChI is InChI=1S/C8H12ClNO.C2H6/c1-4-8(11)10-7(3)5-6(2)9;1-2/h5H,2,4H2,1,3H3,(H,10,11);1-2H3/b7-5+;. The third-order valence-electron chi connectivity index (χ3n) is 1.03. The lowest BCUT2D eigenvalue weighted by atomic mass is 10.4.